The van der Waals surface area contributed by atoms with E-state index in [1.165, 1.54) is 54.9 Å². The van der Waals surface area contributed by atoms with E-state index in [9.17, 15) is 0 Å². The fraction of sp³-hybridized carbons (Fsp3) is 0. The number of furan rings is 1. The van der Waals surface area contributed by atoms with Gasteiger partial charge in [-0.25, -0.2) is 0 Å². The Balaban J connectivity index is 1.06. The van der Waals surface area contributed by atoms with Gasteiger partial charge in [0.1, 0.15) is 11.2 Å². The monoisotopic (exact) mass is 739 g/mol. The molecular weight excluding hydrogens is 703 g/mol. The van der Waals surface area contributed by atoms with Crippen LogP contribution in [0, 0.1) is 0 Å². The highest BCUT2D eigenvalue weighted by molar-refractivity contribution is 6.23. The molecule has 0 spiro atoms. The van der Waals surface area contributed by atoms with Crippen molar-refractivity contribution in [3.63, 3.8) is 0 Å². The maximum absolute atomic E-state index is 6.55. The predicted octanol–water partition coefficient (Wildman–Crippen LogP) is 16.0. The second-order valence-corrected chi connectivity index (χ2v) is 14.9. The first-order valence-electron chi connectivity index (χ1n) is 19.8. The molecule has 0 amide bonds. The number of hydrogen-bond donors (Lipinski definition) is 0. The molecule has 0 aliphatic rings. The molecule has 0 aliphatic heterocycles. The first kappa shape index (κ1) is 33.6. The van der Waals surface area contributed by atoms with E-state index in [0.717, 1.165) is 50.1 Å². The molecule has 2 nitrogen and oxygen atoms in total. The molecule has 2 heteroatoms. The third-order valence-electron chi connectivity index (χ3n) is 11.5. The average Bonchev–Trinajstić information content (AvgIpc) is 3.70. The number of rotatable bonds is 7. The second-order valence-electron chi connectivity index (χ2n) is 14.9. The summed E-state index contributed by atoms with van der Waals surface area (Å²) in [5, 5.41) is 7.17. The van der Waals surface area contributed by atoms with Crippen LogP contribution >= 0.6 is 0 Å². The van der Waals surface area contributed by atoms with Crippen molar-refractivity contribution in [1.29, 1.82) is 0 Å². The molecule has 11 aromatic rings. The number of fused-ring (bicyclic) bond motifs is 6. The van der Waals surface area contributed by atoms with Gasteiger partial charge >= 0.3 is 0 Å². The molecule has 11 rings (SSSR count). The zero-order valence-corrected chi connectivity index (χ0v) is 31.7. The Morgan fingerprint density at radius 3 is 1.60 bits per heavy atom. The Bertz CT molecular complexity index is 3260. The summed E-state index contributed by atoms with van der Waals surface area (Å²) in [4.78, 5) is 2.39. The molecule has 0 atom stereocenters. The first-order chi connectivity index (χ1) is 28.8. The van der Waals surface area contributed by atoms with Gasteiger partial charge < -0.3 is 9.32 Å². The van der Waals surface area contributed by atoms with E-state index in [1.807, 2.05) is 0 Å². The molecule has 0 radical (unpaired) electrons. The van der Waals surface area contributed by atoms with Crippen molar-refractivity contribution >= 4 is 60.5 Å². The van der Waals surface area contributed by atoms with Crippen LogP contribution in [-0.2, 0) is 0 Å². The lowest BCUT2D eigenvalue weighted by atomic mass is 9.94. The molecule has 0 bridgehead atoms. The summed E-state index contributed by atoms with van der Waals surface area (Å²) >= 11 is 0. The maximum atomic E-state index is 6.55. The highest BCUT2D eigenvalue weighted by atomic mass is 16.3. The van der Waals surface area contributed by atoms with E-state index in [4.69, 9.17) is 4.42 Å². The molecule has 58 heavy (non-hydrogen) atoms. The Labute approximate surface area is 337 Å². The number of nitrogens with zero attached hydrogens (tertiary/aromatic N) is 1. The van der Waals surface area contributed by atoms with Crippen molar-refractivity contribution in [3.05, 3.63) is 224 Å². The molecule has 0 aliphatic carbocycles. The van der Waals surface area contributed by atoms with Crippen LogP contribution < -0.4 is 4.90 Å². The van der Waals surface area contributed by atoms with E-state index < -0.39 is 0 Å². The number of hydrogen-bond acceptors (Lipinski definition) is 2. The molecule has 0 saturated heterocycles. The Morgan fingerprint density at radius 2 is 0.810 bits per heavy atom. The van der Waals surface area contributed by atoms with Gasteiger partial charge in [-0.15, -0.1) is 0 Å². The van der Waals surface area contributed by atoms with E-state index in [0.29, 0.717) is 0 Å². The molecule has 0 fully saturated rings. The van der Waals surface area contributed by atoms with Gasteiger partial charge in [0.15, 0.2) is 0 Å². The third kappa shape index (κ3) is 5.82. The summed E-state index contributed by atoms with van der Waals surface area (Å²) in [6.45, 7) is 0. The highest BCUT2D eigenvalue weighted by Crippen LogP contribution is 2.46. The second kappa shape index (κ2) is 14.1. The van der Waals surface area contributed by atoms with E-state index in [2.05, 4.69) is 229 Å². The van der Waals surface area contributed by atoms with E-state index in [1.54, 1.807) is 0 Å². The lowest BCUT2D eigenvalue weighted by molar-refractivity contribution is 0.669. The van der Waals surface area contributed by atoms with Crippen molar-refractivity contribution in [2.24, 2.45) is 0 Å². The third-order valence-corrected chi connectivity index (χ3v) is 11.5. The van der Waals surface area contributed by atoms with Gasteiger partial charge in [0.25, 0.3) is 0 Å². The Hall–Kier alpha value is -7.68. The minimum Gasteiger partial charge on any atom is -0.456 e. The zero-order valence-electron chi connectivity index (χ0n) is 31.7. The van der Waals surface area contributed by atoms with Crippen molar-refractivity contribution in [3.8, 4) is 44.5 Å². The van der Waals surface area contributed by atoms with Crippen LogP contribution in [0.1, 0.15) is 0 Å². The summed E-state index contributed by atoms with van der Waals surface area (Å²) in [7, 11) is 0. The zero-order chi connectivity index (χ0) is 38.4. The van der Waals surface area contributed by atoms with Crippen LogP contribution in [0.5, 0.6) is 0 Å². The van der Waals surface area contributed by atoms with Crippen LogP contribution in [0.15, 0.2) is 229 Å². The molecule has 1 aromatic heterocycles. The molecule has 0 unspecified atom stereocenters. The van der Waals surface area contributed by atoms with Gasteiger partial charge in [-0.3, -0.25) is 0 Å². The summed E-state index contributed by atoms with van der Waals surface area (Å²) in [5.74, 6) is 0. The van der Waals surface area contributed by atoms with Gasteiger partial charge in [-0.1, -0.05) is 176 Å². The van der Waals surface area contributed by atoms with Crippen LogP contribution in [0.4, 0.5) is 17.1 Å². The molecule has 272 valence electrons. The van der Waals surface area contributed by atoms with Gasteiger partial charge in [-0.2, -0.15) is 0 Å². The number of anilines is 3. The molecule has 1 heterocycles. The Morgan fingerprint density at radius 1 is 0.293 bits per heavy atom. The fourth-order valence-electron chi connectivity index (χ4n) is 8.71. The van der Waals surface area contributed by atoms with Gasteiger partial charge in [0.05, 0.1) is 5.69 Å². The van der Waals surface area contributed by atoms with Crippen molar-refractivity contribution in [1.82, 2.24) is 0 Å². The topological polar surface area (TPSA) is 16.4 Å². The summed E-state index contributed by atoms with van der Waals surface area (Å²) in [5.41, 5.74) is 14.5. The maximum Gasteiger partial charge on any atom is 0.136 e. The Kier molecular flexibility index (Phi) is 8.19. The molecule has 10 aromatic carbocycles. The lowest BCUT2D eigenvalue weighted by Gasteiger charge is -2.28. The van der Waals surface area contributed by atoms with Crippen LogP contribution in [0.25, 0.3) is 88.0 Å². The van der Waals surface area contributed by atoms with Gasteiger partial charge in [0, 0.05) is 27.7 Å². The van der Waals surface area contributed by atoms with Crippen LogP contribution in [-0.4, -0.2) is 0 Å². The first-order valence-corrected chi connectivity index (χ1v) is 19.8. The van der Waals surface area contributed by atoms with Crippen LogP contribution in [0.3, 0.4) is 0 Å². The molecular formula is C56H37NO. The average molecular weight is 740 g/mol. The van der Waals surface area contributed by atoms with E-state index >= 15 is 0 Å². The highest BCUT2D eigenvalue weighted by Gasteiger charge is 2.21. The quantitative estimate of drug-likeness (QED) is 0.162. The standard InChI is InChI=1S/C56H37NO/c1-2-13-38(14-3-1)39-27-32-45(33-28-39)57(46-34-29-40(30-35-46)43-18-10-19-44(37-43)48-23-11-17-41-15-4-6-20-47(41)48)52-25-9-8-22-50(52)51-24-12-26-53-56(51)55-49-21-7-5-16-42(49)31-36-54(55)58-53/h1-37H. The van der Waals surface area contributed by atoms with Gasteiger partial charge in [0.2, 0.25) is 0 Å². The SMILES string of the molecule is c1ccc(-c2ccc(N(c3ccc(-c4cccc(-c5cccc6ccccc56)c4)cc3)c3ccccc3-c3cccc4oc5ccc6ccccc6c5c34)cc2)cc1. The fourth-order valence-corrected chi connectivity index (χ4v) is 8.71. The largest absolute Gasteiger partial charge is 0.456 e. The molecule has 0 N–H and O–H groups in total. The smallest absolute Gasteiger partial charge is 0.136 e. The number of benzene rings is 10. The van der Waals surface area contributed by atoms with Gasteiger partial charge in [-0.05, 0) is 109 Å². The summed E-state index contributed by atoms with van der Waals surface area (Å²) in [6, 6.07) is 80.6. The molecule has 0 saturated carbocycles. The summed E-state index contributed by atoms with van der Waals surface area (Å²) in [6.07, 6.45) is 0. The van der Waals surface area contributed by atoms with Crippen molar-refractivity contribution < 1.29 is 4.42 Å². The summed E-state index contributed by atoms with van der Waals surface area (Å²) < 4.78 is 6.55. The predicted molar refractivity (Wildman–Crippen MR) is 245 cm³/mol. The number of para-hydroxylation sites is 1. The van der Waals surface area contributed by atoms with Crippen LogP contribution in [0.2, 0.25) is 0 Å². The minimum absolute atomic E-state index is 0.882. The normalized spacial score (nSPS) is 11.4. The minimum atomic E-state index is 0.882. The van der Waals surface area contributed by atoms with Crippen molar-refractivity contribution in [2.45, 2.75) is 0 Å². The lowest BCUT2D eigenvalue weighted by Crippen LogP contribution is -2.11. The van der Waals surface area contributed by atoms with E-state index in [-0.39, 0.29) is 0 Å². The van der Waals surface area contributed by atoms with Crippen molar-refractivity contribution in [2.75, 3.05) is 4.90 Å².